The summed E-state index contributed by atoms with van der Waals surface area (Å²) >= 11 is 0. The van der Waals surface area contributed by atoms with Crippen LogP contribution in [0.3, 0.4) is 0 Å². The van der Waals surface area contributed by atoms with E-state index in [1.165, 1.54) is 13.0 Å². The molecule has 40 heavy (non-hydrogen) atoms. The van der Waals surface area contributed by atoms with Gasteiger partial charge in [0.1, 0.15) is 10.5 Å². The zero-order chi connectivity index (χ0) is 29.5. The average molecular weight is 579 g/mol. The van der Waals surface area contributed by atoms with Crippen molar-refractivity contribution in [3.63, 3.8) is 0 Å². The molecule has 1 amide bonds. The van der Waals surface area contributed by atoms with Crippen LogP contribution in [0, 0.1) is 0 Å². The van der Waals surface area contributed by atoms with Gasteiger partial charge in [0.05, 0.1) is 30.0 Å². The lowest BCUT2D eigenvalue weighted by atomic mass is 10.1. The second kappa shape index (κ2) is 10.5. The second-order valence-corrected chi connectivity index (χ2v) is 12.1. The van der Waals surface area contributed by atoms with Gasteiger partial charge < -0.3 is 18.9 Å². The summed E-state index contributed by atoms with van der Waals surface area (Å²) in [7, 11) is -3.94. The summed E-state index contributed by atoms with van der Waals surface area (Å²) in [5, 5.41) is 0.514. The zero-order valence-electron chi connectivity index (χ0n) is 22.5. The fourth-order valence-corrected chi connectivity index (χ4v) is 5.00. The summed E-state index contributed by atoms with van der Waals surface area (Å²) < 4.78 is 73.8. The molecule has 0 bridgehead atoms. The Hall–Kier alpha value is -4.00. The number of halogens is 2. The second-order valence-electron chi connectivity index (χ2n) is 9.82. The van der Waals surface area contributed by atoms with Gasteiger partial charge in [0.25, 0.3) is 0 Å². The number of ether oxygens (including phenoxy) is 4. The molecule has 10 nitrogen and oxygen atoms in total. The highest BCUT2D eigenvalue weighted by Gasteiger charge is 2.44. The van der Waals surface area contributed by atoms with Gasteiger partial charge in [0.2, 0.25) is 0 Å². The molecule has 1 aliphatic rings. The lowest BCUT2D eigenvalue weighted by Crippen LogP contribution is -2.38. The summed E-state index contributed by atoms with van der Waals surface area (Å²) in [6.07, 6.45) is -4.96. The van der Waals surface area contributed by atoms with Crippen molar-refractivity contribution >= 4 is 38.6 Å². The molecule has 0 atom stereocenters. The normalized spacial score (nSPS) is 14.2. The van der Waals surface area contributed by atoms with Crippen LogP contribution < -0.4 is 14.4 Å². The van der Waals surface area contributed by atoms with Gasteiger partial charge in [0, 0.05) is 5.39 Å². The number of aromatic nitrogens is 1. The molecule has 214 valence electrons. The first-order chi connectivity index (χ1) is 18.6. The van der Waals surface area contributed by atoms with Gasteiger partial charge in [-0.3, -0.25) is 4.90 Å². The first-order valence-corrected chi connectivity index (χ1v) is 14.0. The van der Waals surface area contributed by atoms with Crippen LogP contribution in [0.25, 0.3) is 10.9 Å². The maximum absolute atomic E-state index is 13.8. The molecule has 0 radical (unpaired) electrons. The first kappa shape index (κ1) is 29.0. The Morgan fingerprint density at radius 3 is 2.33 bits per heavy atom. The van der Waals surface area contributed by atoms with Crippen molar-refractivity contribution < 1.29 is 45.7 Å². The molecular weight excluding hydrogens is 550 g/mol. The molecule has 1 aliphatic heterocycles. The summed E-state index contributed by atoms with van der Waals surface area (Å²) in [5.41, 5.74) is -0.816. The number of pyridine rings is 1. The number of esters is 1. The number of carbonyl (C=O) groups excluding carboxylic acids is 2. The van der Waals surface area contributed by atoms with E-state index < -0.39 is 46.1 Å². The molecule has 1 aromatic heterocycles. The number of anilines is 1. The van der Waals surface area contributed by atoms with E-state index in [1.807, 2.05) is 0 Å². The van der Waals surface area contributed by atoms with Crippen molar-refractivity contribution in [2.75, 3.05) is 17.3 Å². The Kier molecular flexibility index (Phi) is 7.63. The van der Waals surface area contributed by atoms with Crippen molar-refractivity contribution in [2.45, 2.75) is 58.0 Å². The van der Waals surface area contributed by atoms with E-state index in [-0.39, 0.29) is 39.9 Å². The van der Waals surface area contributed by atoms with Gasteiger partial charge in [-0.25, -0.2) is 23.0 Å². The zero-order valence-corrected chi connectivity index (χ0v) is 23.3. The van der Waals surface area contributed by atoms with Crippen LogP contribution in [0.15, 0.2) is 47.4 Å². The predicted molar refractivity (Wildman–Crippen MR) is 140 cm³/mol. The number of benzene rings is 2. The average Bonchev–Trinajstić information content (AvgIpc) is 3.17. The number of carbonyl (C=O) groups is 2. The minimum Gasteiger partial charge on any atom is -0.462 e. The molecular formula is C27H28F2N2O8S. The Labute approximate surface area is 229 Å². The van der Waals surface area contributed by atoms with Crippen molar-refractivity contribution in [3.05, 3.63) is 53.6 Å². The van der Waals surface area contributed by atoms with Gasteiger partial charge in [-0.05, 0) is 57.5 Å². The highest BCUT2D eigenvalue weighted by atomic mass is 32.2. The maximum Gasteiger partial charge on any atom is 0.586 e. The minimum atomic E-state index is -3.97. The number of sulfone groups is 1. The molecule has 2 aromatic carbocycles. The Balaban J connectivity index is 1.95. The van der Waals surface area contributed by atoms with Crippen LogP contribution in [-0.4, -0.2) is 49.7 Å². The number of amides is 1. The summed E-state index contributed by atoms with van der Waals surface area (Å²) in [5.74, 6) is -2.22. The first-order valence-electron chi connectivity index (χ1n) is 12.4. The lowest BCUT2D eigenvalue weighted by Gasteiger charge is -2.28. The van der Waals surface area contributed by atoms with Crippen molar-refractivity contribution in [2.24, 2.45) is 0 Å². The summed E-state index contributed by atoms with van der Waals surface area (Å²) in [4.78, 5) is 31.6. The van der Waals surface area contributed by atoms with E-state index in [9.17, 15) is 26.8 Å². The molecule has 13 heteroatoms. The number of fused-ring (bicyclic) bond motifs is 2. The minimum absolute atomic E-state index is 0.000774. The molecule has 3 aromatic rings. The van der Waals surface area contributed by atoms with Crippen molar-refractivity contribution in [3.8, 4) is 11.5 Å². The van der Waals surface area contributed by atoms with Gasteiger partial charge in [-0.2, -0.15) is 0 Å². The number of alkyl halides is 2. The van der Waals surface area contributed by atoms with E-state index in [2.05, 4.69) is 14.5 Å². The Morgan fingerprint density at radius 1 is 1.05 bits per heavy atom. The molecule has 0 saturated heterocycles. The number of hydrogen-bond donors (Lipinski definition) is 0. The number of para-hydroxylation sites is 1. The fourth-order valence-electron chi connectivity index (χ4n) is 3.95. The predicted octanol–water partition coefficient (Wildman–Crippen LogP) is 5.47. The highest BCUT2D eigenvalue weighted by Crippen LogP contribution is 2.43. The summed E-state index contributed by atoms with van der Waals surface area (Å²) in [6.45, 7) is 7.33. The molecule has 0 fully saturated rings. The van der Waals surface area contributed by atoms with Gasteiger partial charge in [-0.1, -0.05) is 25.1 Å². The largest absolute Gasteiger partial charge is 0.586 e. The Bertz CT molecular complexity index is 1590. The van der Waals surface area contributed by atoms with E-state index in [0.29, 0.717) is 10.9 Å². The van der Waals surface area contributed by atoms with E-state index in [4.69, 9.17) is 9.47 Å². The molecule has 0 aliphatic carbocycles. The number of rotatable bonds is 7. The van der Waals surface area contributed by atoms with E-state index in [1.54, 1.807) is 52.0 Å². The highest BCUT2D eigenvalue weighted by molar-refractivity contribution is 7.91. The monoisotopic (exact) mass is 578 g/mol. The third-order valence-corrected chi connectivity index (χ3v) is 7.44. The SMILES string of the molecule is CCOC(=O)c1cc2c(cc1CN(C(=O)OC(C)(C)C)c1nc3ccccc3cc1S(=O)(=O)CC)OC(F)(F)O2. The molecule has 4 rings (SSSR count). The van der Waals surface area contributed by atoms with Crippen LogP contribution in [0.2, 0.25) is 0 Å². The van der Waals surface area contributed by atoms with Gasteiger partial charge in [-0.15, -0.1) is 8.78 Å². The van der Waals surface area contributed by atoms with Gasteiger partial charge in [0.15, 0.2) is 27.2 Å². The molecule has 0 spiro atoms. The van der Waals surface area contributed by atoms with Crippen molar-refractivity contribution in [1.82, 2.24) is 4.98 Å². The fraction of sp³-hybridized carbons (Fsp3) is 0.370. The Morgan fingerprint density at radius 2 is 1.70 bits per heavy atom. The molecule has 2 heterocycles. The van der Waals surface area contributed by atoms with Crippen LogP contribution in [-0.2, 0) is 25.9 Å². The van der Waals surface area contributed by atoms with Crippen molar-refractivity contribution in [1.29, 1.82) is 0 Å². The van der Waals surface area contributed by atoms with E-state index >= 15 is 0 Å². The number of hydrogen-bond acceptors (Lipinski definition) is 9. The molecule has 0 saturated carbocycles. The smallest absolute Gasteiger partial charge is 0.462 e. The van der Waals surface area contributed by atoms with Gasteiger partial charge >= 0.3 is 18.4 Å². The van der Waals surface area contributed by atoms with Crippen LogP contribution in [0.1, 0.15) is 50.5 Å². The topological polar surface area (TPSA) is 121 Å². The number of nitrogens with zero attached hydrogens (tertiary/aromatic N) is 2. The van der Waals surface area contributed by atoms with Crippen LogP contribution >= 0.6 is 0 Å². The third kappa shape index (κ3) is 6.09. The molecule has 0 N–H and O–H groups in total. The summed E-state index contributed by atoms with van der Waals surface area (Å²) in [6, 6.07) is 10.3. The van der Waals surface area contributed by atoms with Crippen LogP contribution in [0.5, 0.6) is 11.5 Å². The standard InChI is InChI=1S/C27H28F2N2O8S/c1-6-36-24(32)18-14-21-20(37-27(28,29)38-21)12-17(18)15-31(25(33)39-26(3,4)5)23-22(40(34,35)7-2)13-16-10-8-9-11-19(16)30-23/h8-14H,6-7,15H2,1-5H3. The lowest BCUT2D eigenvalue weighted by molar-refractivity contribution is -0.286. The third-order valence-electron chi connectivity index (χ3n) is 5.71. The molecule has 0 unspecified atom stereocenters. The van der Waals surface area contributed by atoms with E-state index in [0.717, 1.165) is 17.0 Å². The maximum atomic E-state index is 13.8. The quantitative estimate of drug-likeness (QED) is 0.336. The van der Waals surface area contributed by atoms with Crippen LogP contribution in [0.4, 0.5) is 19.4 Å².